The molecular weight excluding hydrogens is 394 g/mol. The number of rotatable bonds is 8. The molecule has 0 aromatic heterocycles. The molecule has 0 spiro atoms. The second-order valence-electron chi connectivity index (χ2n) is 6.74. The van der Waals surface area contributed by atoms with Crippen LogP contribution in [0.2, 0.25) is 0 Å². The predicted octanol–water partition coefficient (Wildman–Crippen LogP) is 2.45. The van der Waals surface area contributed by atoms with E-state index in [9.17, 15) is 18.0 Å². The number of benzene rings is 2. The van der Waals surface area contributed by atoms with Crippen LogP contribution in [-0.4, -0.2) is 51.3 Å². The van der Waals surface area contributed by atoms with Gasteiger partial charge in [-0.2, -0.15) is 4.31 Å². The quantitative estimate of drug-likeness (QED) is 0.484. The highest BCUT2D eigenvalue weighted by Gasteiger charge is 2.27. The third kappa shape index (κ3) is 5.21. The Bertz CT molecular complexity index is 961. The summed E-state index contributed by atoms with van der Waals surface area (Å²) in [5.74, 6) is -0.220. The molecule has 1 aliphatic rings. The number of carbonyl (C=O) groups excluding carboxylic acids is 2. The summed E-state index contributed by atoms with van der Waals surface area (Å²) >= 11 is 0. The zero-order chi connectivity index (χ0) is 20.9. The molecule has 0 saturated carbocycles. The van der Waals surface area contributed by atoms with Gasteiger partial charge in [-0.05, 0) is 54.8 Å². The summed E-state index contributed by atoms with van der Waals surface area (Å²) in [7, 11) is -1.96. The SMILES string of the molecule is COc1ccc(CC(=O)OCC(=O)c2ccc(S(=O)(=O)N3CCCC3)cc2)cc1. The van der Waals surface area contributed by atoms with Gasteiger partial charge in [-0.3, -0.25) is 9.59 Å². The first-order chi connectivity index (χ1) is 13.9. The number of methoxy groups -OCH3 is 1. The lowest BCUT2D eigenvalue weighted by Crippen LogP contribution is -2.27. The lowest BCUT2D eigenvalue weighted by molar-refractivity contribution is -0.141. The summed E-state index contributed by atoms with van der Waals surface area (Å²) in [6, 6.07) is 12.7. The molecule has 0 atom stereocenters. The molecule has 7 nitrogen and oxygen atoms in total. The number of Topliss-reactive ketones (excluding diaryl/α,β-unsaturated/α-hetero) is 1. The van der Waals surface area contributed by atoms with Crippen molar-refractivity contribution in [1.82, 2.24) is 4.31 Å². The highest BCUT2D eigenvalue weighted by atomic mass is 32.2. The van der Waals surface area contributed by atoms with Crippen LogP contribution in [-0.2, 0) is 26.0 Å². The third-order valence-corrected chi connectivity index (χ3v) is 6.66. The van der Waals surface area contributed by atoms with Crippen LogP contribution >= 0.6 is 0 Å². The van der Waals surface area contributed by atoms with Gasteiger partial charge in [0.25, 0.3) is 0 Å². The van der Waals surface area contributed by atoms with Crippen LogP contribution in [0, 0.1) is 0 Å². The number of carbonyl (C=O) groups is 2. The van der Waals surface area contributed by atoms with Gasteiger partial charge >= 0.3 is 5.97 Å². The minimum absolute atomic E-state index is 0.0459. The van der Waals surface area contributed by atoms with Crippen LogP contribution in [0.4, 0.5) is 0 Å². The maximum atomic E-state index is 12.5. The van der Waals surface area contributed by atoms with Crippen molar-refractivity contribution in [3.8, 4) is 5.75 Å². The van der Waals surface area contributed by atoms with Crippen molar-refractivity contribution >= 4 is 21.8 Å². The van der Waals surface area contributed by atoms with E-state index in [2.05, 4.69) is 0 Å². The van der Waals surface area contributed by atoms with E-state index in [1.54, 1.807) is 31.4 Å². The highest BCUT2D eigenvalue weighted by Crippen LogP contribution is 2.21. The van der Waals surface area contributed by atoms with E-state index in [1.807, 2.05) is 0 Å². The smallest absolute Gasteiger partial charge is 0.310 e. The average Bonchev–Trinajstić information content (AvgIpc) is 3.28. The summed E-state index contributed by atoms with van der Waals surface area (Å²) < 4.78 is 36.6. The first-order valence-corrected chi connectivity index (χ1v) is 10.8. The molecule has 1 aliphatic heterocycles. The number of hydrogen-bond donors (Lipinski definition) is 0. The Balaban J connectivity index is 1.54. The summed E-state index contributed by atoms with van der Waals surface area (Å²) in [4.78, 5) is 24.4. The largest absolute Gasteiger partial charge is 0.497 e. The van der Waals surface area contributed by atoms with Crippen LogP contribution < -0.4 is 4.74 Å². The molecule has 2 aromatic carbocycles. The van der Waals surface area contributed by atoms with Crippen molar-refractivity contribution in [3.63, 3.8) is 0 Å². The normalized spacial score (nSPS) is 14.5. The van der Waals surface area contributed by atoms with Crippen LogP contribution in [0.1, 0.15) is 28.8 Å². The van der Waals surface area contributed by atoms with Crippen molar-refractivity contribution in [2.45, 2.75) is 24.2 Å². The van der Waals surface area contributed by atoms with E-state index in [0.717, 1.165) is 18.4 Å². The number of hydrogen-bond acceptors (Lipinski definition) is 6. The molecule has 0 amide bonds. The van der Waals surface area contributed by atoms with Gasteiger partial charge in [0, 0.05) is 18.7 Å². The molecule has 2 aromatic rings. The number of nitrogens with zero attached hydrogens (tertiary/aromatic N) is 1. The van der Waals surface area contributed by atoms with Gasteiger partial charge in [-0.15, -0.1) is 0 Å². The minimum atomic E-state index is -3.52. The third-order valence-electron chi connectivity index (χ3n) is 4.75. The second kappa shape index (κ2) is 9.19. The Morgan fingerprint density at radius 1 is 0.966 bits per heavy atom. The number of sulfonamides is 1. The van der Waals surface area contributed by atoms with Gasteiger partial charge < -0.3 is 9.47 Å². The highest BCUT2D eigenvalue weighted by molar-refractivity contribution is 7.89. The molecule has 29 heavy (non-hydrogen) atoms. The molecule has 3 rings (SSSR count). The van der Waals surface area contributed by atoms with Crippen LogP contribution in [0.15, 0.2) is 53.4 Å². The minimum Gasteiger partial charge on any atom is -0.497 e. The lowest BCUT2D eigenvalue weighted by atomic mass is 10.1. The first-order valence-electron chi connectivity index (χ1n) is 9.32. The van der Waals surface area contributed by atoms with Gasteiger partial charge in [0.05, 0.1) is 18.4 Å². The van der Waals surface area contributed by atoms with Crippen LogP contribution in [0.5, 0.6) is 5.75 Å². The van der Waals surface area contributed by atoms with E-state index in [1.165, 1.54) is 28.6 Å². The maximum absolute atomic E-state index is 12.5. The predicted molar refractivity (Wildman–Crippen MR) is 106 cm³/mol. The number of ketones is 1. The van der Waals surface area contributed by atoms with E-state index in [4.69, 9.17) is 9.47 Å². The zero-order valence-electron chi connectivity index (χ0n) is 16.2. The van der Waals surface area contributed by atoms with Gasteiger partial charge in [0.15, 0.2) is 12.4 Å². The fraction of sp³-hybridized carbons (Fsp3) is 0.333. The Morgan fingerprint density at radius 3 is 2.17 bits per heavy atom. The van der Waals surface area contributed by atoms with Crippen molar-refractivity contribution in [2.75, 3.05) is 26.8 Å². The molecule has 0 bridgehead atoms. The molecule has 0 N–H and O–H groups in total. The van der Waals surface area contributed by atoms with Gasteiger partial charge in [-0.25, -0.2) is 8.42 Å². The van der Waals surface area contributed by atoms with Crippen molar-refractivity contribution < 1.29 is 27.5 Å². The monoisotopic (exact) mass is 417 g/mol. The molecule has 1 heterocycles. The van der Waals surface area contributed by atoms with Crippen molar-refractivity contribution in [1.29, 1.82) is 0 Å². The Hall–Kier alpha value is -2.71. The lowest BCUT2D eigenvalue weighted by Gasteiger charge is -2.15. The number of ether oxygens (including phenoxy) is 2. The Morgan fingerprint density at radius 2 is 1.59 bits per heavy atom. The molecule has 0 unspecified atom stereocenters. The first kappa shape index (κ1) is 21.0. The molecular formula is C21H23NO6S. The molecule has 1 saturated heterocycles. The fourth-order valence-corrected chi connectivity index (χ4v) is 4.60. The van der Waals surface area contributed by atoms with E-state index < -0.39 is 28.4 Å². The molecule has 0 radical (unpaired) electrons. The molecule has 1 fully saturated rings. The summed E-state index contributed by atoms with van der Waals surface area (Å²) in [5.41, 5.74) is 1.04. The van der Waals surface area contributed by atoms with E-state index in [-0.39, 0.29) is 11.3 Å². The molecule has 154 valence electrons. The topological polar surface area (TPSA) is 90.0 Å². The Kier molecular flexibility index (Phi) is 6.66. The molecule has 8 heteroatoms. The van der Waals surface area contributed by atoms with Gasteiger partial charge in [0.1, 0.15) is 5.75 Å². The summed E-state index contributed by atoms with van der Waals surface area (Å²) in [6.07, 6.45) is 1.76. The average molecular weight is 417 g/mol. The van der Waals surface area contributed by atoms with E-state index >= 15 is 0 Å². The van der Waals surface area contributed by atoms with Gasteiger partial charge in [-0.1, -0.05) is 12.1 Å². The van der Waals surface area contributed by atoms with Crippen molar-refractivity contribution in [2.24, 2.45) is 0 Å². The standard InChI is InChI=1S/C21H23NO6S/c1-27-18-8-4-16(5-9-18)14-21(24)28-15-20(23)17-6-10-19(11-7-17)29(25,26)22-12-2-3-13-22/h4-11H,2-3,12-15H2,1H3. The second-order valence-corrected chi connectivity index (χ2v) is 8.68. The van der Waals surface area contributed by atoms with Crippen LogP contribution in [0.3, 0.4) is 0 Å². The summed E-state index contributed by atoms with van der Waals surface area (Å²) in [6.45, 7) is 0.646. The number of esters is 1. The summed E-state index contributed by atoms with van der Waals surface area (Å²) in [5, 5.41) is 0. The van der Waals surface area contributed by atoms with E-state index in [0.29, 0.717) is 24.4 Å². The van der Waals surface area contributed by atoms with Crippen molar-refractivity contribution in [3.05, 3.63) is 59.7 Å². The zero-order valence-corrected chi connectivity index (χ0v) is 17.0. The maximum Gasteiger partial charge on any atom is 0.310 e. The molecule has 0 aliphatic carbocycles. The van der Waals surface area contributed by atoms with Crippen LogP contribution in [0.25, 0.3) is 0 Å². The Labute approximate surface area is 170 Å². The van der Waals surface area contributed by atoms with Gasteiger partial charge in [0.2, 0.25) is 10.0 Å². The fourth-order valence-electron chi connectivity index (χ4n) is 3.08.